The number of carboxylic acids is 1. The Morgan fingerprint density at radius 2 is 1.91 bits per heavy atom. The van der Waals surface area contributed by atoms with E-state index >= 15 is 0 Å². The topological polar surface area (TPSA) is 116 Å². The minimum atomic E-state index is -3.58. The highest BCUT2D eigenvalue weighted by Crippen LogP contribution is 2.33. The van der Waals surface area contributed by atoms with Crippen LogP contribution in [0.1, 0.15) is 16.8 Å². The van der Waals surface area contributed by atoms with Gasteiger partial charge in [0, 0.05) is 16.3 Å². The van der Waals surface area contributed by atoms with E-state index in [2.05, 4.69) is 5.16 Å². The number of rotatable bonds is 8. The molecule has 32 heavy (non-hydrogen) atoms. The first-order valence-electron chi connectivity index (χ1n) is 9.49. The first-order chi connectivity index (χ1) is 15.2. The van der Waals surface area contributed by atoms with Gasteiger partial charge in [-0.1, -0.05) is 5.16 Å². The molecule has 1 N–H and O–H groups in total. The van der Waals surface area contributed by atoms with Crippen molar-refractivity contribution < 1.29 is 31.8 Å². The summed E-state index contributed by atoms with van der Waals surface area (Å²) in [5.74, 6) is 0.525. The van der Waals surface area contributed by atoms with Gasteiger partial charge >= 0.3 is 16.1 Å². The number of ether oxygens (including phenoxy) is 1. The first-order valence-corrected chi connectivity index (χ1v) is 12.2. The summed E-state index contributed by atoms with van der Waals surface area (Å²) < 4.78 is 39.4. The number of carboxylic acid groups (broad SMARTS) is 1. The highest BCUT2D eigenvalue weighted by atomic mass is 32.2. The number of benzene rings is 2. The van der Waals surface area contributed by atoms with Gasteiger partial charge in [0.2, 0.25) is 0 Å². The maximum absolute atomic E-state index is 11.2. The summed E-state index contributed by atoms with van der Waals surface area (Å²) in [4.78, 5) is 11.1. The molecular formula is C22H19NO7S2. The van der Waals surface area contributed by atoms with E-state index in [0.717, 1.165) is 27.5 Å². The third kappa shape index (κ3) is 5.09. The van der Waals surface area contributed by atoms with Crippen molar-refractivity contribution >= 4 is 37.5 Å². The van der Waals surface area contributed by atoms with Crippen molar-refractivity contribution in [3.63, 3.8) is 0 Å². The van der Waals surface area contributed by atoms with Gasteiger partial charge in [-0.15, -0.1) is 11.3 Å². The van der Waals surface area contributed by atoms with Crippen molar-refractivity contribution in [3.05, 3.63) is 64.7 Å². The molecule has 8 nitrogen and oxygen atoms in total. The summed E-state index contributed by atoms with van der Waals surface area (Å²) in [6.45, 7) is 2.12. The lowest BCUT2D eigenvalue weighted by molar-refractivity contribution is -0.136. The summed E-state index contributed by atoms with van der Waals surface area (Å²) in [5.41, 5.74) is 3.06. The second kappa shape index (κ2) is 8.64. The van der Waals surface area contributed by atoms with Gasteiger partial charge in [0.25, 0.3) is 0 Å². The summed E-state index contributed by atoms with van der Waals surface area (Å²) in [6.07, 6.45) is 0.973. The van der Waals surface area contributed by atoms with E-state index in [-0.39, 0.29) is 18.8 Å². The highest BCUT2D eigenvalue weighted by Gasteiger charge is 2.13. The largest absolute Gasteiger partial charge is 0.487 e. The van der Waals surface area contributed by atoms with Gasteiger partial charge in [0.05, 0.1) is 12.7 Å². The fraction of sp³-hybridized carbons (Fsp3) is 0.182. The molecule has 2 aromatic heterocycles. The standard InChI is InChI=1S/C22H19NO7S2/c1-13-7-18(10-20-22(13)15(12-31-20)8-21(24)25)28-11-16-9-19(29-23-16)14-3-5-17(6-4-14)30-32(2,26)27/h3-7,9-10,12H,8,11H2,1-2H3,(H,24,25). The predicted octanol–water partition coefficient (Wildman–Crippen LogP) is 4.41. The zero-order valence-corrected chi connectivity index (χ0v) is 18.8. The van der Waals surface area contributed by atoms with Crippen LogP contribution in [0.2, 0.25) is 0 Å². The number of aromatic nitrogens is 1. The van der Waals surface area contributed by atoms with Crippen molar-refractivity contribution in [2.75, 3.05) is 6.26 Å². The van der Waals surface area contributed by atoms with Gasteiger partial charge in [-0.3, -0.25) is 4.79 Å². The molecule has 2 heterocycles. The Hall–Kier alpha value is -3.37. The molecule has 0 amide bonds. The van der Waals surface area contributed by atoms with Crippen LogP contribution in [0.3, 0.4) is 0 Å². The molecule has 0 aliphatic rings. The lowest BCUT2D eigenvalue weighted by Crippen LogP contribution is -2.05. The fourth-order valence-corrected chi connectivity index (χ4v) is 4.85. The van der Waals surface area contributed by atoms with Crippen LogP contribution in [0.25, 0.3) is 21.4 Å². The van der Waals surface area contributed by atoms with Gasteiger partial charge in [-0.05, 0) is 65.2 Å². The van der Waals surface area contributed by atoms with Gasteiger partial charge in [-0.2, -0.15) is 8.42 Å². The number of aliphatic carboxylic acids is 1. The molecule has 0 aliphatic carbocycles. The Kier molecular flexibility index (Phi) is 5.90. The van der Waals surface area contributed by atoms with Crippen LogP contribution in [0.5, 0.6) is 11.5 Å². The van der Waals surface area contributed by atoms with Crippen molar-refractivity contribution in [1.82, 2.24) is 5.16 Å². The SMILES string of the molecule is Cc1cc(OCc2cc(-c3ccc(OS(C)(=O)=O)cc3)on2)cc2scc(CC(=O)O)c12. The Labute approximate surface area is 188 Å². The minimum Gasteiger partial charge on any atom is -0.487 e. The van der Waals surface area contributed by atoms with E-state index in [9.17, 15) is 13.2 Å². The average molecular weight is 474 g/mol. The summed E-state index contributed by atoms with van der Waals surface area (Å²) in [7, 11) is -3.58. The zero-order valence-electron chi connectivity index (χ0n) is 17.2. The molecule has 4 aromatic rings. The maximum atomic E-state index is 11.2. The van der Waals surface area contributed by atoms with E-state index in [0.29, 0.717) is 22.8 Å². The molecule has 2 aromatic carbocycles. The van der Waals surface area contributed by atoms with Crippen LogP contribution in [0.15, 0.2) is 52.4 Å². The van der Waals surface area contributed by atoms with Crippen molar-refractivity contribution in [3.8, 4) is 22.8 Å². The Bertz CT molecular complexity index is 1390. The summed E-state index contributed by atoms with van der Waals surface area (Å²) >= 11 is 1.49. The van der Waals surface area contributed by atoms with E-state index in [1.165, 1.54) is 23.5 Å². The van der Waals surface area contributed by atoms with Crippen molar-refractivity contribution in [2.24, 2.45) is 0 Å². The molecule has 0 bridgehead atoms. The van der Waals surface area contributed by atoms with Gasteiger partial charge in [-0.25, -0.2) is 0 Å². The van der Waals surface area contributed by atoms with E-state index in [1.807, 2.05) is 24.4 Å². The number of aryl methyl sites for hydroxylation is 1. The molecule has 0 fully saturated rings. The second-order valence-corrected chi connectivity index (χ2v) is 9.71. The Balaban J connectivity index is 1.45. The number of thiophene rings is 1. The predicted molar refractivity (Wildman–Crippen MR) is 120 cm³/mol. The van der Waals surface area contributed by atoms with E-state index < -0.39 is 16.1 Å². The van der Waals surface area contributed by atoms with E-state index in [1.54, 1.807) is 18.2 Å². The molecule has 0 aliphatic heterocycles. The van der Waals surface area contributed by atoms with Crippen LogP contribution in [0.4, 0.5) is 0 Å². The molecule has 0 saturated carbocycles. The molecule has 0 radical (unpaired) electrons. The quantitative estimate of drug-likeness (QED) is 0.374. The molecule has 0 atom stereocenters. The molecule has 10 heteroatoms. The highest BCUT2D eigenvalue weighted by molar-refractivity contribution is 7.86. The number of carbonyl (C=O) groups is 1. The van der Waals surface area contributed by atoms with Crippen LogP contribution in [-0.2, 0) is 27.9 Å². The number of fused-ring (bicyclic) bond motifs is 1. The molecule has 0 spiro atoms. The zero-order chi connectivity index (χ0) is 22.9. The van der Waals surface area contributed by atoms with Gasteiger partial charge in [0.15, 0.2) is 5.76 Å². The molecule has 4 rings (SSSR count). The van der Waals surface area contributed by atoms with Gasteiger partial charge in [0.1, 0.15) is 23.8 Å². The van der Waals surface area contributed by atoms with Crippen LogP contribution >= 0.6 is 11.3 Å². The number of hydrogen-bond donors (Lipinski definition) is 1. The van der Waals surface area contributed by atoms with E-state index in [4.69, 9.17) is 18.5 Å². The lowest BCUT2D eigenvalue weighted by atomic mass is 10.1. The third-order valence-corrected chi connectivity index (χ3v) is 6.07. The molecular weight excluding hydrogens is 454 g/mol. The monoisotopic (exact) mass is 473 g/mol. The molecule has 0 saturated heterocycles. The number of hydrogen-bond acceptors (Lipinski definition) is 8. The molecule has 0 unspecified atom stereocenters. The molecule has 166 valence electrons. The second-order valence-electron chi connectivity index (χ2n) is 7.23. The van der Waals surface area contributed by atoms with Gasteiger partial charge < -0.3 is 18.5 Å². The van der Waals surface area contributed by atoms with Crippen molar-refractivity contribution in [2.45, 2.75) is 20.0 Å². The smallest absolute Gasteiger partial charge is 0.307 e. The van der Waals surface area contributed by atoms with Crippen LogP contribution in [0, 0.1) is 6.92 Å². The van der Waals surface area contributed by atoms with Crippen molar-refractivity contribution in [1.29, 1.82) is 0 Å². The Morgan fingerprint density at radius 3 is 2.59 bits per heavy atom. The normalized spacial score (nSPS) is 11.6. The van der Waals surface area contributed by atoms with Crippen LogP contribution < -0.4 is 8.92 Å². The summed E-state index contributed by atoms with van der Waals surface area (Å²) in [5, 5.41) is 15.9. The minimum absolute atomic E-state index is 0.00980. The lowest BCUT2D eigenvalue weighted by Gasteiger charge is -2.07. The first kappa shape index (κ1) is 21.8. The number of nitrogens with zero attached hydrogens (tertiary/aromatic N) is 1. The fourth-order valence-electron chi connectivity index (χ4n) is 3.32. The van der Waals surface area contributed by atoms with Crippen LogP contribution in [-0.4, -0.2) is 30.9 Å². The average Bonchev–Trinajstić information content (AvgIpc) is 3.33. The Morgan fingerprint density at radius 1 is 1.16 bits per heavy atom. The summed E-state index contributed by atoms with van der Waals surface area (Å²) in [6, 6.07) is 11.9. The maximum Gasteiger partial charge on any atom is 0.307 e. The third-order valence-electron chi connectivity index (χ3n) is 4.60.